The predicted octanol–water partition coefficient (Wildman–Crippen LogP) is 4.05. The maximum absolute atomic E-state index is 13.9. The molecule has 3 N–H and O–H groups in total. The van der Waals surface area contributed by atoms with Crippen LogP contribution in [0.3, 0.4) is 0 Å². The van der Waals surface area contributed by atoms with Crippen molar-refractivity contribution in [2.75, 3.05) is 0 Å². The molecule has 0 aliphatic heterocycles. The Morgan fingerprint density at radius 1 is 1.50 bits per heavy atom. The van der Waals surface area contributed by atoms with E-state index >= 15 is 0 Å². The van der Waals surface area contributed by atoms with Crippen molar-refractivity contribution in [3.8, 4) is 0 Å². The standard InChI is InChI=1S/C12H11BrClFN2S/c13-7-4-8(18-6-7)5-11(17-16)9-2-1-3-10(14)12(9)15/h1-4,6,11,17H,5,16H2. The molecule has 0 bridgehead atoms. The molecule has 0 aliphatic carbocycles. The highest BCUT2D eigenvalue weighted by Crippen LogP contribution is 2.28. The Bertz CT molecular complexity index is 547. The van der Waals surface area contributed by atoms with Crippen LogP contribution in [0, 0.1) is 5.82 Å². The zero-order chi connectivity index (χ0) is 13.1. The molecule has 0 aliphatic rings. The number of hydrazine groups is 1. The van der Waals surface area contributed by atoms with Crippen molar-refractivity contribution in [3.63, 3.8) is 0 Å². The van der Waals surface area contributed by atoms with Crippen molar-refractivity contribution in [1.82, 2.24) is 5.43 Å². The first-order valence-electron chi connectivity index (χ1n) is 5.24. The Labute approximate surface area is 122 Å². The number of benzene rings is 1. The van der Waals surface area contributed by atoms with Gasteiger partial charge in [0, 0.05) is 26.7 Å². The van der Waals surface area contributed by atoms with Crippen LogP contribution in [0.1, 0.15) is 16.5 Å². The Morgan fingerprint density at radius 3 is 2.89 bits per heavy atom. The summed E-state index contributed by atoms with van der Waals surface area (Å²) in [6.07, 6.45) is 0.615. The van der Waals surface area contributed by atoms with E-state index < -0.39 is 5.82 Å². The molecule has 18 heavy (non-hydrogen) atoms. The normalized spacial score (nSPS) is 12.7. The van der Waals surface area contributed by atoms with Crippen LogP contribution in [0.4, 0.5) is 4.39 Å². The van der Waals surface area contributed by atoms with Gasteiger partial charge in [0.15, 0.2) is 0 Å². The van der Waals surface area contributed by atoms with Crippen molar-refractivity contribution in [3.05, 3.63) is 55.4 Å². The number of rotatable bonds is 4. The number of nitrogens with one attached hydrogen (secondary N) is 1. The lowest BCUT2D eigenvalue weighted by molar-refractivity contribution is 0.513. The molecule has 1 heterocycles. The first-order chi connectivity index (χ1) is 8.61. The molecule has 0 saturated carbocycles. The van der Waals surface area contributed by atoms with Crippen LogP contribution in [0.25, 0.3) is 0 Å². The van der Waals surface area contributed by atoms with E-state index in [0.717, 1.165) is 9.35 Å². The summed E-state index contributed by atoms with van der Waals surface area (Å²) in [6.45, 7) is 0. The van der Waals surface area contributed by atoms with E-state index in [-0.39, 0.29) is 11.1 Å². The molecule has 2 nitrogen and oxygen atoms in total. The second-order valence-electron chi connectivity index (χ2n) is 3.80. The molecule has 0 spiro atoms. The molecule has 1 aromatic heterocycles. The van der Waals surface area contributed by atoms with Gasteiger partial charge < -0.3 is 0 Å². The zero-order valence-corrected chi connectivity index (χ0v) is 12.4. The lowest BCUT2D eigenvalue weighted by atomic mass is 10.0. The first-order valence-corrected chi connectivity index (χ1v) is 7.30. The summed E-state index contributed by atoms with van der Waals surface area (Å²) < 4.78 is 14.9. The number of thiophene rings is 1. The summed E-state index contributed by atoms with van der Waals surface area (Å²) in [5, 5.41) is 2.09. The Hall–Kier alpha value is -0.460. The first kappa shape index (κ1) is 14.0. The fourth-order valence-corrected chi connectivity index (χ4v) is 3.39. The molecule has 0 radical (unpaired) electrons. The molecule has 1 aromatic carbocycles. The molecule has 2 rings (SSSR count). The van der Waals surface area contributed by atoms with Crippen LogP contribution >= 0.6 is 38.9 Å². The molecule has 0 fully saturated rings. The zero-order valence-electron chi connectivity index (χ0n) is 9.29. The molecular formula is C12H11BrClFN2S. The number of halogens is 3. The maximum Gasteiger partial charge on any atom is 0.146 e. The van der Waals surface area contributed by atoms with Gasteiger partial charge in [-0.15, -0.1) is 11.3 Å². The van der Waals surface area contributed by atoms with Gasteiger partial charge in [-0.2, -0.15) is 0 Å². The van der Waals surface area contributed by atoms with Gasteiger partial charge in [-0.05, 0) is 28.1 Å². The molecule has 96 valence electrons. The summed E-state index contributed by atoms with van der Waals surface area (Å²) in [5.74, 6) is 5.09. The number of hydrogen-bond donors (Lipinski definition) is 2. The van der Waals surface area contributed by atoms with Crippen molar-refractivity contribution >= 4 is 38.9 Å². The average molecular weight is 350 g/mol. The van der Waals surface area contributed by atoms with Gasteiger partial charge in [0.25, 0.3) is 0 Å². The average Bonchev–Trinajstić information content (AvgIpc) is 2.76. The predicted molar refractivity (Wildman–Crippen MR) is 77.2 cm³/mol. The third-order valence-electron chi connectivity index (χ3n) is 2.59. The van der Waals surface area contributed by atoms with Crippen LogP contribution in [0.2, 0.25) is 5.02 Å². The second-order valence-corrected chi connectivity index (χ2v) is 6.12. The van der Waals surface area contributed by atoms with Crippen LogP contribution in [0.5, 0.6) is 0 Å². The van der Waals surface area contributed by atoms with Crippen molar-refractivity contribution in [2.45, 2.75) is 12.5 Å². The molecule has 1 unspecified atom stereocenters. The van der Waals surface area contributed by atoms with E-state index in [2.05, 4.69) is 21.4 Å². The van der Waals surface area contributed by atoms with Crippen molar-refractivity contribution in [2.24, 2.45) is 5.84 Å². The fourth-order valence-electron chi connectivity index (χ4n) is 1.71. The molecule has 0 amide bonds. The minimum absolute atomic E-state index is 0.111. The van der Waals surface area contributed by atoms with Crippen molar-refractivity contribution in [1.29, 1.82) is 0 Å². The van der Waals surface area contributed by atoms with Crippen LogP contribution in [0.15, 0.2) is 34.1 Å². The monoisotopic (exact) mass is 348 g/mol. The molecule has 0 saturated heterocycles. The van der Waals surface area contributed by atoms with Crippen LogP contribution in [-0.4, -0.2) is 0 Å². The molecular weight excluding hydrogens is 339 g/mol. The van der Waals surface area contributed by atoms with Crippen molar-refractivity contribution < 1.29 is 4.39 Å². The fraction of sp³-hybridized carbons (Fsp3) is 0.167. The highest BCUT2D eigenvalue weighted by atomic mass is 79.9. The quantitative estimate of drug-likeness (QED) is 0.645. The SMILES string of the molecule is NNC(Cc1cc(Br)cs1)c1cccc(Cl)c1F. The summed E-state index contributed by atoms with van der Waals surface area (Å²) in [5.41, 5.74) is 3.12. The molecule has 1 atom stereocenters. The van der Waals surface area contributed by atoms with E-state index in [4.69, 9.17) is 17.4 Å². The Balaban J connectivity index is 2.25. The van der Waals surface area contributed by atoms with E-state index in [1.165, 1.54) is 6.07 Å². The lowest BCUT2D eigenvalue weighted by Gasteiger charge is -2.16. The summed E-state index contributed by atoms with van der Waals surface area (Å²) in [7, 11) is 0. The summed E-state index contributed by atoms with van der Waals surface area (Å²) >= 11 is 10.8. The van der Waals surface area contributed by atoms with Gasteiger partial charge in [0.2, 0.25) is 0 Å². The summed E-state index contributed by atoms with van der Waals surface area (Å²) in [4.78, 5) is 1.12. The highest BCUT2D eigenvalue weighted by Gasteiger charge is 2.17. The van der Waals surface area contributed by atoms with Gasteiger partial charge in [0.05, 0.1) is 11.1 Å². The van der Waals surface area contributed by atoms with E-state index in [1.54, 1.807) is 23.5 Å². The second kappa shape index (κ2) is 6.12. The third kappa shape index (κ3) is 3.10. The summed E-state index contributed by atoms with van der Waals surface area (Å²) in [6, 6.07) is 6.63. The largest absolute Gasteiger partial charge is 0.271 e. The number of hydrogen-bond acceptors (Lipinski definition) is 3. The van der Waals surface area contributed by atoms with Gasteiger partial charge in [-0.3, -0.25) is 11.3 Å². The lowest BCUT2D eigenvalue weighted by Crippen LogP contribution is -2.30. The van der Waals surface area contributed by atoms with Gasteiger partial charge in [0.1, 0.15) is 5.82 Å². The smallest absolute Gasteiger partial charge is 0.146 e. The minimum Gasteiger partial charge on any atom is -0.271 e. The van der Waals surface area contributed by atoms with Gasteiger partial charge >= 0.3 is 0 Å². The topological polar surface area (TPSA) is 38.0 Å². The van der Waals surface area contributed by atoms with E-state index in [1.807, 2.05) is 11.4 Å². The van der Waals surface area contributed by atoms with Gasteiger partial charge in [-0.25, -0.2) is 4.39 Å². The van der Waals surface area contributed by atoms with E-state index in [9.17, 15) is 4.39 Å². The van der Waals surface area contributed by atoms with E-state index in [0.29, 0.717) is 12.0 Å². The Kier molecular flexibility index (Phi) is 4.75. The number of nitrogens with two attached hydrogens (primary N) is 1. The highest BCUT2D eigenvalue weighted by molar-refractivity contribution is 9.10. The maximum atomic E-state index is 13.9. The Morgan fingerprint density at radius 2 is 2.28 bits per heavy atom. The van der Waals surface area contributed by atoms with Crippen LogP contribution in [-0.2, 0) is 6.42 Å². The van der Waals surface area contributed by atoms with Crippen LogP contribution < -0.4 is 11.3 Å². The minimum atomic E-state index is -0.419. The molecule has 2 aromatic rings. The molecule has 6 heteroatoms. The van der Waals surface area contributed by atoms with Gasteiger partial charge in [-0.1, -0.05) is 23.7 Å². The third-order valence-corrected chi connectivity index (χ3v) is 4.60.